The van der Waals surface area contributed by atoms with Crippen molar-refractivity contribution >= 4 is 29.6 Å². The number of nitrogens with one attached hydrogen (secondary N) is 4. The van der Waals surface area contributed by atoms with Crippen LogP contribution in [0.5, 0.6) is 0 Å². The number of fused-ring (bicyclic) bond motifs is 1. The lowest BCUT2D eigenvalue weighted by Crippen LogP contribution is -2.50. The molecule has 1 aliphatic rings. The lowest BCUT2D eigenvalue weighted by molar-refractivity contribution is -0.135. The van der Waals surface area contributed by atoms with Gasteiger partial charge in [0, 0.05) is 49.6 Å². The van der Waals surface area contributed by atoms with Crippen molar-refractivity contribution in [3.05, 3.63) is 89.5 Å². The number of β-amino-alcohol motifs (C(OH)–C–C–N with tert-alkyl or cyclic N) is 1. The smallest absolute Gasteiger partial charge is 0.315 e. The van der Waals surface area contributed by atoms with E-state index in [-0.39, 0.29) is 50.6 Å². The summed E-state index contributed by atoms with van der Waals surface area (Å²) >= 11 is 1.33. The monoisotopic (exact) mass is 649 g/mol. The Kier molecular flexibility index (Phi) is 12.6. The number of nitrogens with zero attached hydrogens (tertiary/aromatic N) is 1. The summed E-state index contributed by atoms with van der Waals surface area (Å²) in [6.45, 7) is 4.53. The fourth-order valence-corrected chi connectivity index (χ4v) is 6.23. The van der Waals surface area contributed by atoms with Crippen LogP contribution in [-0.4, -0.2) is 81.4 Å². The van der Waals surface area contributed by atoms with Gasteiger partial charge in [-0.2, -0.15) is 0 Å². The minimum absolute atomic E-state index is 0.0723. The number of carbonyl (C=O) groups is 3. The first-order valence-electron chi connectivity index (χ1n) is 15.2. The highest BCUT2D eigenvalue weighted by Gasteiger charge is 2.33. The molecule has 0 unspecified atom stereocenters. The van der Waals surface area contributed by atoms with Gasteiger partial charge in [-0.05, 0) is 47.7 Å². The first-order valence-corrected chi connectivity index (χ1v) is 16.1. The third-order valence-corrected chi connectivity index (χ3v) is 8.74. The maximum atomic E-state index is 13.9. The molecule has 0 spiro atoms. The van der Waals surface area contributed by atoms with Crippen LogP contribution in [0.2, 0.25) is 0 Å². The summed E-state index contributed by atoms with van der Waals surface area (Å²) in [5.74, 6) is -0.499. The molecule has 46 heavy (non-hydrogen) atoms. The molecule has 1 heterocycles. The van der Waals surface area contributed by atoms with Crippen molar-refractivity contribution in [3.8, 4) is 11.1 Å². The molecule has 3 aromatic rings. The normalized spacial score (nSPS) is 15.5. The fourth-order valence-electron chi connectivity index (χ4n) is 5.09. The third kappa shape index (κ3) is 10.0. The highest BCUT2D eigenvalue weighted by Crippen LogP contribution is 2.33. The average molecular weight is 650 g/mol. The van der Waals surface area contributed by atoms with E-state index < -0.39 is 17.0 Å². The van der Waals surface area contributed by atoms with Crippen LogP contribution in [0.3, 0.4) is 0 Å². The quantitative estimate of drug-likeness (QED) is 0.140. The molecule has 4 rings (SSSR count). The molecule has 246 valence electrons. The minimum atomic E-state index is -0.928. The van der Waals surface area contributed by atoms with Gasteiger partial charge in [0.05, 0.1) is 19.3 Å². The Morgan fingerprint density at radius 2 is 1.72 bits per heavy atom. The highest BCUT2D eigenvalue weighted by atomic mass is 32.2. The van der Waals surface area contributed by atoms with Crippen molar-refractivity contribution < 1.29 is 29.7 Å². The third-order valence-electron chi connectivity index (χ3n) is 7.53. The van der Waals surface area contributed by atoms with Crippen molar-refractivity contribution in [2.24, 2.45) is 0 Å². The highest BCUT2D eigenvalue weighted by molar-refractivity contribution is 8.00. The molecule has 0 aromatic heterocycles. The van der Waals surface area contributed by atoms with Gasteiger partial charge in [0.15, 0.2) is 5.37 Å². The molecule has 0 saturated carbocycles. The van der Waals surface area contributed by atoms with Crippen molar-refractivity contribution in [2.75, 3.05) is 26.3 Å². The molecular weight excluding hydrogens is 606 g/mol. The number of rotatable bonds is 14. The maximum Gasteiger partial charge on any atom is 0.315 e. The van der Waals surface area contributed by atoms with E-state index in [1.807, 2.05) is 86.6 Å². The van der Waals surface area contributed by atoms with Crippen LogP contribution in [0.1, 0.15) is 37.0 Å². The van der Waals surface area contributed by atoms with E-state index in [1.54, 1.807) is 4.90 Å². The Bertz CT molecular complexity index is 1480. The topological polar surface area (TPSA) is 163 Å². The second-order valence-electron chi connectivity index (χ2n) is 11.8. The van der Waals surface area contributed by atoms with Gasteiger partial charge in [0.25, 0.3) is 5.91 Å². The van der Waals surface area contributed by atoms with Crippen molar-refractivity contribution in [2.45, 2.75) is 61.8 Å². The summed E-state index contributed by atoms with van der Waals surface area (Å²) in [5, 5.41) is 38.3. The largest absolute Gasteiger partial charge is 0.395 e. The molecule has 1 aliphatic heterocycles. The SMILES string of the molecule is CC(C)(CC(=O)N[C@@H]1Sc2ccccc2CN(Cc2ccc(-c3ccccc3CNC(=O)NCCO)cc2)C1=O)NC[C@H](O)CO. The summed E-state index contributed by atoms with van der Waals surface area (Å²) in [5.41, 5.74) is 4.13. The number of amides is 4. The molecule has 11 nitrogen and oxygen atoms in total. The lowest BCUT2D eigenvalue weighted by atomic mass is 9.98. The molecular formula is C34H43N5O6S. The Labute approximate surface area is 273 Å². The summed E-state index contributed by atoms with van der Waals surface area (Å²) in [7, 11) is 0. The van der Waals surface area contributed by atoms with E-state index in [9.17, 15) is 19.5 Å². The van der Waals surface area contributed by atoms with Crippen LogP contribution < -0.4 is 21.3 Å². The molecule has 2 atom stereocenters. The zero-order valence-electron chi connectivity index (χ0n) is 26.2. The van der Waals surface area contributed by atoms with E-state index in [4.69, 9.17) is 10.2 Å². The van der Waals surface area contributed by atoms with Gasteiger partial charge in [-0.3, -0.25) is 9.59 Å². The summed E-state index contributed by atoms with van der Waals surface area (Å²) in [4.78, 5) is 41.6. The average Bonchev–Trinajstić information content (AvgIpc) is 3.17. The maximum absolute atomic E-state index is 13.9. The Balaban J connectivity index is 1.46. The van der Waals surface area contributed by atoms with E-state index >= 15 is 0 Å². The second kappa shape index (κ2) is 16.6. The van der Waals surface area contributed by atoms with Gasteiger partial charge in [-0.15, -0.1) is 0 Å². The predicted octanol–water partition coefficient (Wildman–Crippen LogP) is 2.33. The first kappa shape index (κ1) is 34.9. The number of aliphatic hydroxyl groups is 3. The molecule has 0 aliphatic carbocycles. The number of thioether (sulfide) groups is 1. The van der Waals surface area contributed by atoms with E-state index in [0.717, 1.165) is 32.7 Å². The molecule has 0 radical (unpaired) electrons. The van der Waals surface area contributed by atoms with Gasteiger partial charge in [0.1, 0.15) is 0 Å². The van der Waals surface area contributed by atoms with E-state index in [2.05, 4.69) is 21.3 Å². The number of hydrogen-bond acceptors (Lipinski definition) is 8. The summed E-state index contributed by atoms with van der Waals surface area (Å²) in [6.07, 6.45) is -0.855. The van der Waals surface area contributed by atoms with Crippen molar-refractivity contribution in [1.82, 2.24) is 26.2 Å². The van der Waals surface area contributed by atoms with Crippen LogP contribution >= 0.6 is 11.8 Å². The number of carbonyl (C=O) groups excluding carboxylic acids is 3. The second-order valence-corrected chi connectivity index (χ2v) is 13.0. The van der Waals surface area contributed by atoms with Gasteiger partial charge in [0.2, 0.25) is 5.91 Å². The molecule has 0 fully saturated rings. The molecule has 4 amide bonds. The van der Waals surface area contributed by atoms with Crippen molar-refractivity contribution in [1.29, 1.82) is 0 Å². The van der Waals surface area contributed by atoms with Gasteiger partial charge >= 0.3 is 6.03 Å². The van der Waals surface area contributed by atoms with Gasteiger partial charge < -0.3 is 41.5 Å². The van der Waals surface area contributed by atoms with Crippen LogP contribution in [0.25, 0.3) is 11.1 Å². The number of aliphatic hydroxyl groups excluding tert-OH is 3. The zero-order valence-corrected chi connectivity index (χ0v) is 27.0. The molecule has 0 bridgehead atoms. The van der Waals surface area contributed by atoms with Crippen LogP contribution in [0.15, 0.2) is 77.7 Å². The summed E-state index contributed by atoms with van der Waals surface area (Å²) < 4.78 is 0. The van der Waals surface area contributed by atoms with Crippen LogP contribution in [-0.2, 0) is 29.2 Å². The Hall–Kier alpha value is -3.94. The number of benzene rings is 3. The van der Waals surface area contributed by atoms with Crippen LogP contribution in [0.4, 0.5) is 4.79 Å². The molecule has 3 aromatic carbocycles. The van der Waals surface area contributed by atoms with Gasteiger partial charge in [-0.1, -0.05) is 78.5 Å². The van der Waals surface area contributed by atoms with Crippen molar-refractivity contribution in [3.63, 3.8) is 0 Å². The Morgan fingerprint density at radius 1 is 1.00 bits per heavy atom. The predicted molar refractivity (Wildman–Crippen MR) is 177 cm³/mol. The summed E-state index contributed by atoms with van der Waals surface area (Å²) in [6, 6.07) is 23.2. The first-order chi connectivity index (χ1) is 22.1. The Morgan fingerprint density at radius 3 is 2.46 bits per heavy atom. The number of hydrogen-bond donors (Lipinski definition) is 7. The molecule has 0 saturated heterocycles. The lowest BCUT2D eigenvalue weighted by Gasteiger charge is -2.29. The standard InChI is InChI=1S/C34H43N5O6S/c1-34(2,37-19-27(42)22-41)17-30(43)38-31-32(44)39(21-26-8-4-6-10-29(26)46-31)20-23-11-13-24(14-12-23)28-9-5-3-7-25(28)18-36-33(45)35-15-16-40/h3-14,27,31,37,40-42H,15-22H2,1-2H3,(H,38,43)(H2,35,36,45)/t27-,31+/m0/s1. The zero-order chi connectivity index (χ0) is 33.1. The molecule has 7 N–H and O–H groups in total. The van der Waals surface area contributed by atoms with E-state index in [0.29, 0.717) is 19.6 Å². The number of urea groups is 1. The van der Waals surface area contributed by atoms with Gasteiger partial charge in [-0.25, -0.2) is 4.79 Å². The van der Waals surface area contributed by atoms with E-state index in [1.165, 1.54) is 11.8 Å². The molecule has 12 heteroatoms. The fraction of sp³-hybridized carbons (Fsp3) is 0.382. The minimum Gasteiger partial charge on any atom is -0.395 e. The van der Waals surface area contributed by atoms with Crippen LogP contribution in [0, 0.1) is 0 Å².